The highest BCUT2D eigenvalue weighted by Gasteiger charge is 2.31. The Kier molecular flexibility index (Phi) is 15.3. The predicted octanol–water partition coefficient (Wildman–Crippen LogP) is 6.95. The van der Waals surface area contributed by atoms with Gasteiger partial charge in [0.05, 0.1) is 19.3 Å². The smallest absolute Gasteiger partial charge is 0.0647 e. The largest absolute Gasteiger partial charge is 0.379 e. The summed E-state index contributed by atoms with van der Waals surface area (Å²) >= 11 is 0. The Hall–Kier alpha value is -0.600. The Labute approximate surface area is 158 Å². The van der Waals surface area contributed by atoms with Crippen LogP contribution in [0.3, 0.4) is 0 Å². The maximum Gasteiger partial charge on any atom is 0.0647 e. The molecule has 1 saturated carbocycles. The summed E-state index contributed by atoms with van der Waals surface area (Å²) in [6.45, 7) is 15.8. The maximum atomic E-state index is 5.68. The summed E-state index contributed by atoms with van der Waals surface area (Å²) in [6, 6.07) is 0. The van der Waals surface area contributed by atoms with Gasteiger partial charge in [0.15, 0.2) is 0 Å². The zero-order chi connectivity index (χ0) is 19.0. The topological polar surface area (TPSA) is 18.5 Å². The van der Waals surface area contributed by atoms with Crippen molar-refractivity contribution < 1.29 is 9.47 Å². The lowest BCUT2D eigenvalue weighted by molar-refractivity contribution is 0.00667. The van der Waals surface area contributed by atoms with Crippen molar-refractivity contribution in [1.29, 1.82) is 0 Å². The molecule has 1 aliphatic rings. The molecule has 2 nitrogen and oxygen atoms in total. The molecule has 148 valence electrons. The van der Waals surface area contributed by atoms with E-state index in [0.29, 0.717) is 11.5 Å². The zero-order valence-electron chi connectivity index (χ0n) is 17.9. The SMILES string of the molecule is CC=CCOCCC=CCC.CCOC1CCC(C(C)(C)CC)CC1. The molecule has 0 spiro atoms. The van der Waals surface area contributed by atoms with E-state index in [9.17, 15) is 0 Å². The van der Waals surface area contributed by atoms with Gasteiger partial charge in [-0.15, -0.1) is 0 Å². The minimum absolute atomic E-state index is 0.539. The summed E-state index contributed by atoms with van der Waals surface area (Å²) in [5, 5.41) is 0. The van der Waals surface area contributed by atoms with Crippen LogP contribution >= 0.6 is 0 Å². The van der Waals surface area contributed by atoms with Crippen molar-refractivity contribution in [1.82, 2.24) is 0 Å². The van der Waals surface area contributed by atoms with E-state index in [0.717, 1.165) is 38.6 Å². The first-order chi connectivity index (χ1) is 12.0. The molecule has 2 heteroatoms. The van der Waals surface area contributed by atoms with Crippen LogP contribution in [-0.4, -0.2) is 25.9 Å². The molecule has 0 heterocycles. The summed E-state index contributed by atoms with van der Waals surface area (Å²) in [6.07, 6.45) is 17.7. The van der Waals surface area contributed by atoms with Gasteiger partial charge < -0.3 is 9.47 Å². The normalized spacial score (nSPS) is 21.5. The fourth-order valence-electron chi connectivity index (χ4n) is 3.22. The van der Waals surface area contributed by atoms with Crippen molar-refractivity contribution in [2.24, 2.45) is 11.3 Å². The van der Waals surface area contributed by atoms with Crippen LogP contribution < -0.4 is 0 Å². The van der Waals surface area contributed by atoms with Crippen molar-refractivity contribution in [3.63, 3.8) is 0 Å². The van der Waals surface area contributed by atoms with Crippen LogP contribution in [0.25, 0.3) is 0 Å². The van der Waals surface area contributed by atoms with Crippen molar-refractivity contribution in [3.8, 4) is 0 Å². The standard InChI is InChI=1S/C13H26O.C10H18O/c1-5-13(3,4)11-7-9-12(10-8-11)14-6-2;1-3-5-7-8-10-11-9-6-4-2/h11-12H,5-10H2,1-4H3;4-7H,3,8-10H2,1-2H3. The summed E-state index contributed by atoms with van der Waals surface area (Å²) in [7, 11) is 0. The van der Waals surface area contributed by atoms with Crippen LogP contribution in [0.1, 0.15) is 86.5 Å². The van der Waals surface area contributed by atoms with Gasteiger partial charge in [-0.3, -0.25) is 0 Å². The third-order valence-corrected chi connectivity index (χ3v) is 5.37. The number of rotatable bonds is 10. The van der Waals surface area contributed by atoms with E-state index in [1.807, 2.05) is 19.1 Å². The molecular formula is C23H44O2. The lowest BCUT2D eigenvalue weighted by Gasteiger charge is -2.38. The van der Waals surface area contributed by atoms with Gasteiger partial charge in [0.2, 0.25) is 0 Å². The molecule has 0 unspecified atom stereocenters. The summed E-state index contributed by atoms with van der Waals surface area (Å²) in [5.74, 6) is 0.921. The first kappa shape index (κ1) is 24.4. The van der Waals surface area contributed by atoms with Gasteiger partial charge in [-0.05, 0) is 63.7 Å². The van der Waals surface area contributed by atoms with E-state index >= 15 is 0 Å². The van der Waals surface area contributed by atoms with Gasteiger partial charge >= 0.3 is 0 Å². The predicted molar refractivity (Wildman–Crippen MR) is 111 cm³/mol. The lowest BCUT2D eigenvalue weighted by atomic mass is 9.69. The molecule has 0 aromatic carbocycles. The molecular weight excluding hydrogens is 308 g/mol. The highest BCUT2D eigenvalue weighted by Crippen LogP contribution is 2.40. The molecule has 0 aliphatic heterocycles. The van der Waals surface area contributed by atoms with Crippen LogP contribution in [-0.2, 0) is 9.47 Å². The minimum Gasteiger partial charge on any atom is -0.379 e. The summed E-state index contributed by atoms with van der Waals surface area (Å²) in [5.41, 5.74) is 0.539. The fourth-order valence-corrected chi connectivity index (χ4v) is 3.22. The molecule has 0 N–H and O–H groups in total. The molecule has 0 saturated heterocycles. The van der Waals surface area contributed by atoms with Crippen LogP contribution in [0.2, 0.25) is 0 Å². The molecule has 0 amide bonds. The third-order valence-electron chi connectivity index (χ3n) is 5.37. The molecule has 0 atom stereocenters. The molecule has 1 aliphatic carbocycles. The Morgan fingerprint density at radius 1 is 0.960 bits per heavy atom. The van der Waals surface area contributed by atoms with Crippen LogP contribution in [0.5, 0.6) is 0 Å². The second-order valence-corrected chi connectivity index (χ2v) is 7.58. The Morgan fingerprint density at radius 3 is 2.16 bits per heavy atom. The molecule has 0 aromatic rings. The Morgan fingerprint density at radius 2 is 1.64 bits per heavy atom. The van der Waals surface area contributed by atoms with Crippen molar-refractivity contribution in [2.75, 3.05) is 19.8 Å². The highest BCUT2D eigenvalue weighted by atomic mass is 16.5. The Balaban J connectivity index is 0.000000477. The van der Waals surface area contributed by atoms with Crippen LogP contribution in [0, 0.1) is 11.3 Å². The fraction of sp³-hybridized carbons (Fsp3) is 0.826. The van der Waals surface area contributed by atoms with Gasteiger partial charge in [-0.2, -0.15) is 0 Å². The third kappa shape index (κ3) is 12.4. The first-order valence-corrected chi connectivity index (χ1v) is 10.5. The maximum absolute atomic E-state index is 5.68. The van der Waals surface area contributed by atoms with E-state index in [4.69, 9.17) is 9.47 Å². The van der Waals surface area contributed by atoms with Gasteiger partial charge in [-0.1, -0.05) is 58.4 Å². The zero-order valence-corrected chi connectivity index (χ0v) is 17.9. The van der Waals surface area contributed by atoms with Crippen molar-refractivity contribution in [2.45, 2.75) is 92.6 Å². The summed E-state index contributed by atoms with van der Waals surface area (Å²) < 4.78 is 11.0. The second kappa shape index (κ2) is 15.6. The summed E-state index contributed by atoms with van der Waals surface area (Å²) in [4.78, 5) is 0. The van der Waals surface area contributed by atoms with E-state index in [1.54, 1.807) is 0 Å². The average Bonchev–Trinajstić information content (AvgIpc) is 2.62. The molecule has 1 fully saturated rings. The molecule has 1 rings (SSSR count). The van der Waals surface area contributed by atoms with E-state index < -0.39 is 0 Å². The quantitative estimate of drug-likeness (QED) is 0.313. The van der Waals surface area contributed by atoms with E-state index in [2.05, 4.69) is 46.8 Å². The first-order valence-electron chi connectivity index (χ1n) is 10.5. The van der Waals surface area contributed by atoms with Crippen LogP contribution in [0.15, 0.2) is 24.3 Å². The van der Waals surface area contributed by atoms with Gasteiger partial charge in [0, 0.05) is 6.61 Å². The second-order valence-electron chi connectivity index (χ2n) is 7.58. The lowest BCUT2D eigenvalue weighted by Crippen LogP contribution is -2.30. The van der Waals surface area contributed by atoms with Gasteiger partial charge in [-0.25, -0.2) is 0 Å². The minimum atomic E-state index is 0.539. The van der Waals surface area contributed by atoms with E-state index in [-0.39, 0.29) is 0 Å². The number of hydrogen-bond acceptors (Lipinski definition) is 2. The number of allylic oxidation sites excluding steroid dienone is 2. The molecule has 25 heavy (non-hydrogen) atoms. The number of ether oxygens (including phenoxy) is 2. The highest BCUT2D eigenvalue weighted by molar-refractivity contribution is 4.83. The monoisotopic (exact) mass is 352 g/mol. The van der Waals surface area contributed by atoms with Gasteiger partial charge in [0.1, 0.15) is 0 Å². The Bertz CT molecular complexity index is 336. The average molecular weight is 353 g/mol. The van der Waals surface area contributed by atoms with Crippen molar-refractivity contribution in [3.05, 3.63) is 24.3 Å². The van der Waals surface area contributed by atoms with Crippen LogP contribution in [0.4, 0.5) is 0 Å². The molecule has 0 bridgehead atoms. The van der Waals surface area contributed by atoms with E-state index in [1.165, 1.54) is 32.1 Å². The number of hydrogen-bond donors (Lipinski definition) is 0. The van der Waals surface area contributed by atoms with Crippen molar-refractivity contribution >= 4 is 0 Å². The molecule has 0 radical (unpaired) electrons. The van der Waals surface area contributed by atoms with Gasteiger partial charge in [0.25, 0.3) is 0 Å². The molecule has 0 aromatic heterocycles.